The molecule has 0 aliphatic carbocycles. The third kappa shape index (κ3) is 2.94. The van der Waals surface area contributed by atoms with E-state index in [0.29, 0.717) is 34.9 Å². The SMILES string of the molecule is CCn1nc(C)c(N)c1C(=O)Nc1cccc(C(C)=O)c1. The third-order valence-electron chi connectivity index (χ3n) is 3.22. The van der Waals surface area contributed by atoms with Gasteiger partial charge in [0.15, 0.2) is 5.78 Å². The normalized spacial score (nSPS) is 10.4. The maximum absolute atomic E-state index is 12.4. The molecule has 3 N–H and O–H groups in total. The topological polar surface area (TPSA) is 90.0 Å². The van der Waals surface area contributed by atoms with Crippen LogP contribution in [0.1, 0.15) is 40.4 Å². The lowest BCUT2D eigenvalue weighted by Crippen LogP contribution is -2.19. The Bertz CT molecular complexity index is 704. The fourth-order valence-corrected chi connectivity index (χ4v) is 2.07. The number of nitrogens with two attached hydrogens (primary N) is 1. The maximum Gasteiger partial charge on any atom is 0.276 e. The van der Waals surface area contributed by atoms with Crippen molar-refractivity contribution in [2.75, 3.05) is 11.1 Å². The number of aryl methyl sites for hydroxylation is 2. The second-order valence-electron chi connectivity index (χ2n) is 4.75. The molecule has 21 heavy (non-hydrogen) atoms. The molecule has 0 atom stereocenters. The fourth-order valence-electron chi connectivity index (χ4n) is 2.07. The molecule has 110 valence electrons. The van der Waals surface area contributed by atoms with E-state index in [4.69, 9.17) is 5.73 Å². The van der Waals surface area contributed by atoms with Gasteiger partial charge in [0.25, 0.3) is 5.91 Å². The molecule has 0 aliphatic rings. The number of nitrogens with zero attached hydrogens (tertiary/aromatic N) is 2. The van der Waals surface area contributed by atoms with Crippen LogP contribution in [0.3, 0.4) is 0 Å². The van der Waals surface area contributed by atoms with Gasteiger partial charge in [0.05, 0.1) is 11.4 Å². The molecule has 0 aliphatic heterocycles. The molecule has 0 unspecified atom stereocenters. The minimum Gasteiger partial charge on any atom is -0.395 e. The highest BCUT2D eigenvalue weighted by Gasteiger charge is 2.19. The lowest BCUT2D eigenvalue weighted by atomic mass is 10.1. The van der Waals surface area contributed by atoms with E-state index < -0.39 is 0 Å². The number of hydrogen-bond donors (Lipinski definition) is 2. The van der Waals surface area contributed by atoms with Gasteiger partial charge in [-0.3, -0.25) is 14.3 Å². The minimum atomic E-state index is -0.337. The van der Waals surface area contributed by atoms with Crippen molar-refractivity contribution in [2.24, 2.45) is 0 Å². The van der Waals surface area contributed by atoms with Gasteiger partial charge in [-0.05, 0) is 32.9 Å². The predicted octanol–water partition coefficient (Wildman–Crippen LogP) is 2.25. The quantitative estimate of drug-likeness (QED) is 0.843. The number of rotatable bonds is 4. The van der Waals surface area contributed by atoms with Crippen LogP contribution in [0.5, 0.6) is 0 Å². The van der Waals surface area contributed by atoms with Crippen molar-refractivity contribution in [3.8, 4) is 0 Å². The molecule has 6 nitrogen and oxygen atoms in total. The van der Waals surface area contributed by atoms with Crippen LogP contribution < -0.4 is 11.1 Å². The molecule has 0 fully saturated rings. The molecular weight excluding hydrogens is 268 g/mol. The molecule has 2 aromatic rings. The number of benzene rings is 1. The van der Waals surface area contributed by atoms with Gasteiger partial charge in [-0.15, -0.1) is 0 Å². The van der Waals surface area contributed by atoms with E-state index in [0.717, 1.165) is 0 Å². The van der Waals surface area contributed by atoms with E-state index in [-0.39, 0.29) is 11.7 Å². The summed E-state index contributed by atoms with van der Waals surface area (Å²) in [4.78, 5) is 23.7. The maximum atomic E-state index is 12.4. The Morgan fingerprint density at radius 2 is 2.10 bits per heavy atom. The highest BCUT2D eigenvalue weighted by atomic mass is 16.2. The van der Waals surface area contributed by atoms with Crippen LogP contribution in [-0.4, -0.2) is 21.5 Å². The summed E-state index contributed by atoms with van der Waals surface area (Å²) >= 11 is 0. The molecule has 0 bridgehead atoms. The lowest BCUT2D eigenvalue weighted by Gasteiger charge is -2.08. The fraction of sp³-hybridized carbons (Fsp3) is 0.267. The summed E-state index contributed by atoms with van der Waals surface area (Å²) in [6.07, 6.45) is 0. The van der Waals surface area contributed by atoms with E-state index in [1.807, 2.05) is 6.92 Å². The predicted molar refractivity (Wildman–Crippen MR) is 81.5 cm³/mol. The molecule has 2 rings (SSSR count). The van der Waals surface area contributed by atoms with Gasteiger partial charge in [-0.25, -0.2) is 0 Å². The Hall–Kier alpha value is -2.63. The second-order valence-corrected chi connectivity index (χ2v) is 4.75. The Kier molecular flexibility index (Phi) is 4.07. The van der Waals surface area contributed by atoms with Crippen molar-refractivity contribution < 1.29 is 9.59 Å². The highest BCUT2D eigenvalue weighted by Crippen LogP contribution is 2.19. The zero-order chi connectivity index (χ0) is 15.6. The molecule has 0 saturated heterocycles. The highest BCUT2D eigenvalue weighted by molar-refractivity contribution is 6.07. The first-order valence-electron chi connectivity index (χ1n) is 6.69. The number of hydrogen-bond acceptors (Lipinski definition) is 4. The van der Waals surface area contributed by atoms with Crippen molar-refractivity contribution in [3.05, 3.63) is 41.2 Å². The number of amides is 1. The summed E-state index contributed by atoms with van der Waals surface area (Å²) in [5.74, 6) is -0.393. The van der Waals surface area contributed by atoms with Crippen LogP contribution in [0, 0.1) is 6.92 Å². The standard InChI is InChI=1S/C15H18N4O2/c1-4-19-14(13(16)9(2)18-19)15(21)17-12-7-5-6-11(8-12)10(3)20/h5-8H,4,16H2,1-3H3,(H,17,21). The van der Waals surface area contributed by atoms with Gasteiger partial charge < -0.3 is 11.1 Å². The number of anilines is 2. The molecule has 1 heterocycles. The van der Waals surface area contributed by atoms with E-state index >= 15 is 0 Å². The van der Waals surface area contributed by atoms with E-state index in [9.17, 15) is 9.59 Å². The third-order valence-corrected chi connectivity index (χ3v) is 3.22. The molecule has 0 radical (unpaired) electrons. The van der Waals surface area contributed by atoms with Gasteiger partial charge in [-0.2, -0.15) is 5.10 Å². The van der Waals surface area contributed by atoms with Crippen LogP contribution in [0.4, 0.5) is 11.4 Å². The van der Waals surface area contributed by atoms with Crippen molar-refractivity contribution in [3.63, 3.8) is 0 Å². The zero-order valence-electron chi connectivity index (χ0n) is 12.3. The van der Waals surface area contributed by atoms with Crippen molar-refractivity contribution >= 4 is 23.1 Å². The Balaban J connectivity index is 2.30. The van der Waals surface area contributed by atoms with E-state index in [1.165, 1.54) is 6.92 Å². The Morgan fingerprint density at radius 3 is 2.71 bits per heavy atom. The second kappa shape index (κ2) is 5.78. The Morgan fingerprint density at radius 1 is 1.38 bits per heavy atom. The number of nitrogens with one attached hydrogen (secondary N) is 1. The summed E-state index contributed by atoms with van der Waals surface area (Å²) in [5.41, 5.74) is 8.34. The molecule has 1 aromatic heterocycles. The largest absolute Gasteiger partial charge is 0.395 e. The van der Waals surface area contributed by atoms with Gasteiger partial charge in [0.2, 0.25) is 0 Å². The summed E-state index contributed by atoms with van der Waals surface area (Å²) in [6.45, 7) is 5.68. The van der Waals surface area contributed by atoms with Gasteiger partial charge >= 0.3 is 0 Å². The molecular formula is C15H18N4O2. The van der Waals surface area contributed by atoms with Gasteiger partial charge in [0, 0.05) is 17.8 Å². The van der Waals surface area contributed by atoms with Crippen molar-refractivity contribution in [1.29, 1.82) is 0 Å². The first-order valence-corrected chi connectivity index (χ1v) is 6.69. The van der Waals surface area contributed by atoms with E-state index in [2.05, 4.69) is 10.4 Å². The van der Waals surface area contributed by atoms with Crippen LogP contribution in [0.25, 0.3) is 0 Å². The van der Waals surface area contributed by atoms with Crippen LogP contribution >= 0.6 is 0 Å². The summed E-state index contributed by atoms with van der Waals surface area (Å²) in [6, 6.07) is 6.78. The first-order chi connectivity index (χ1) is 9.93. The van der Waals surface area contributed by atoms with Crippen LogP contribution in [0.2, 0.25) is 0 Å². The number of carbonyl (C=O) groups excluding carboxylic acids is 2. The van der Waals surface area contributed by atoms with Crippen molar-refractivity contribution in [2.45, 2.75) is 27.3 Å². The molecule has 1 amide bonds. The minimum absolute atomic E-state index is 0.0555. The molecule has 6 heteroatoms. The number of nitrogen functional groups attached to an aromatic ring is 1. The zero-order valence-corrected chi connectivity index (χ0v) is 12.3. The van der Waals surface area contributed by atoms with E-state index in [1.54, 1.807) is 35.9 Å². The number of aromatic nitrogens is 2. The van der Waals surface area contributed by atoms with Crippen LogP contribution in [0.15, 0.2) is 24.3 Å². The monoisotopic (exact) mass is 286 g/mol. The first kappa shape index (κ1) is 14.8. The summed E-state index contributed by atoms with van der Waals surface area (Å²) in [7, 11) is 0. The number of Topliss-reactive ketones (excluding diaryl/α,β-unsaturated/α-hetero) is 1. The Labute approximate surface area is 122 Å². The number of ketones is 1. The van der Waals surface area contributed by atoms with Crippen LogP contribution in [-0.2, 0) is 6.54 Å². The molecule has 0 saturated carbocycles. The lowest BCUT2D eigenvalue weighted by molar-refractivity contribution is 0.100. The average molecular weight is 286 g/mol. The smallest absolute Gasteiger partial charge is 0.276 e. The summed E-state index contributed by atoms with van der Waals surface area (Å²) in [5, 5.41) is 6.96. The van der Waals surface area contributed by atoms with Gasteiger partial charge in [-0.1, -0.05) is 12.1 Å². The van der Waals surface area contributed by atoms with Gasteiger partial charge in [0.1, 0.15) is 5.69 Å². The van der Waals surface area contributed by atoms with Crippen molar-refractivity contribution in [1.82, 2.24) is 9.78 Å². The number of carbonyl (C=O) groups is 2. The average Bonchev–Trinajstić information content (AvgIpc) is 2.74. The molecule has 0 spiro atoms. The summed E-state index contributed by atoms with van der Waals surface area (Å²) < 4.78 is 1.56. The molecule has 1 aromatic carbocycles.